The summed E-state index contributed by atoms with van der Waals surface area (Å²) in [5.41, 5.74) is 6.40. The Morgan fingerprint density at radius 3 is 3.03 bits per heavy atom. The molecule has 162 valence electrons. The first-order valence-corrected chi connectivity index (χ1v) is 10.2. The summed E-state index contributed by atoms with van der Waals surface area (Å²) in [4.78, 5) is 33.8. The van der Waals surface area contributed by atoms with Gasteiger partial charge in [-0.2, -0.15) is 4.37 Å². The van der Waals surface area contributed by atoms with Gasteiger partial charge in [0.25, 0.3) is 11.5 Å². The van der Waals surface area contributed by atoms with Gasteiger partial charge in [-0.3, -0.25) is 19.9 Å². The van der Waals surface area contributed by atoms with Crippen molar-refractivity contribution in [3.05, 3.63) is 40.1 Å². The second-order valence-electron chi connectivity index (χ2n) is 7.04. The first kappa shape index (κ1) is 20.9. The van der Waals surface area contributed by atoms with Crippen molar-refractivity contribution in [2.45, 2.75) is 19.1 Å². The number of aliphatic hydroxyl groups excluding tert-OH is 1. The SMILES string of the molecule is CN/C(C)=C\C(=N)N1CCOC(C(O)c2nc3ccc4c(N)nsc4c3c(=O)[nH]2)C1=O. The highest BCUT2D eigenvalue weighted by Crippen LogP contribution is 2.30. The van der Waals surface area contributed by atoms with E-state index in [4.69, 9.17) is 15.9 Å². The summed E-state index contributed by atoms with van der Waals surface area (Å²) in [7, 11) is 1.71. The lowest BCUT2D eigenvalue weighted by Crippen LogP contribution is -2.52. The zero-order valence-corrected chi connectivity index (χ0v) is 17.6. The van der Waals surface area contributed by atoms with Gasteiger partial charge < -0.3 is 25.9 Å². The van der Waals surface area contributed by atoms with Crippen LogP contribution in [0.4, 0.5) is 5.82 Å². The first-order valence-electron chi connectivity index (χ1n) is 9.45. The number of nitrogen functional groups attached to an aromatic ring is 1. The van der Waals surface area contributed by atoms with Crippen LogP contribution in [0.1, 0.15) is 18.9 Å². The number of allylic oxidation sites excluding steroid dienone is 1. The molecule has 0 bridgehead atoms. The van der Waals surface area contributed by atoms with E-state index >= 15 is 0 Å². The number of anilines is 1. The lowest BCUT2D eigenvalue weighted by molar-refractivity contribution is -0.157. The molecular weight excluding hydrogens is 422 g/mol. The van der Waals surface area contributed by atoms with Crippen molar-refractivity contribution in [3.63, 3.8) is 0 Å². The van der Waals surface area contributed by atoms with E-state index in [1.54, 1.807) is 26.1 Å². The van der Waals surface area contributed by atoms with Crippen LogP contribution in [0.5, 0.6) is 0 Å². The smallest absolute Gasteiger partial charge is 0.260 e. The van der Waals surface area contributed by atoms with Gasteiger partial charge in [-0.05, 0) is 36.7 Å². The molecule has 3 heterocycles. The fourth-order valence-corrected chi connectivity index (χ4v) is 4.22. The Labute approximate surface area is 180 Å². The number of benzene rings is 1. The van der Waals surface area contributed by atoms with E-state index in [-0.39, 0.29) is 24.8 Å². The number of hydrogen-bond acceptors (Lipinski definition) is 10. The molecule has 1 aliphatic heterocycles. The summed E-state index contributed by atoms with van der Waals surface area (Å²) in [5.74, 6) is -0.375. The minimum absolute atomic E-state index is 0.0255. The zero-order chi connectivity index (χ0) is 22.3. The van der Waals surface area contributed by atoms with Crippen LogP contribution in [0.25, 0.3) is 21.0 Å². The average molecular weight is 443 g/mol. The Morgan fingerprint density at radius 2 is 2.29 bits per heavy atom. The number of nitrogens with two attached hydrogens (primary N) is 1. The Bertz CT molecular complexity index is 1280. The number of aromatic nitrogens is 3. The number of carbonyl (C=O) groups excluding carboxylic acids is 1. The number of aromatic amines is 1. The molecular formula is C19H21N7O4S. The van der Waals surface area contributed by atoms with Gasteiger partial charge in [0.2, 0.25) is 0 Å². The van der Waals surface area contributed by atoms with Crippen molar-refractivity contribution in [3.8, 4) is 0 Å². The summed E-state index contributed by atoms with van der Waals surface area (Å²) < 4.78 is 10.2. The summed E-state index contributed by atoms with van der Waals surface area (Å²) in [6, 6.07) is 3.33. The van der Waals surface area contributed by atoms with Gasteiger partial charge in [0, 0.05) is 18.1 Å². The van der Waals surface area contributed by atoms with Gasteiger partial charge in [0.1, 0.15) is 23.6 Å². The molecule has 2 atom stereocenters. The minimum atomic E-state index is -1.52. The second-order valence-corrected chi connectivity index (χ2v) is 7.82. The Kier molecular flexibility index (Phi) is 5.43. The van der Waals surface area contributed by atoms with Crippen molar-refractivity contribution < 1.29 is 14.6 Å². The number of H-pyrrole nitrogens is 1. The van der Waals surface area contributed by atoms with Gasteiger partial charge in [0.05, 0.1) is 28.8 Å². The highest BCUT2D eigenvalue weighted by molar-refractivity contribution is 7.14. The summed E-state index contributed by atoms with van der Waals surface area (Å²) in [6.45, 7) is 2.07. The van der Waals surface area contributed by atoms with Crippen LogP contribution in [-0.4, -0.2) is 62.4 Å². The van der Waals surface area contributed by atoms with Gasteiger partial charge >= 0.3 is 0 Å². The molecule has 4 rings (SSSR count). The molecule has 1 aliphatic rings. The van der Waals surface area contributed by atoms with Gasteiger partial charge in [-0.25, -0.2) is 4.98 Å². The van der Waals surface area contributed by atoms with Crippen LogP contribution in [0.2, 0.25) is 0 Å². The van der Waals surface area contributed by atoms with Crippen LogP contribution < -0.4 is 16.6 Å². The molecule has 2 aromatic heterocycles. The predicted molar refractivity (Wildman–Crippen MR) is 117 cm³/mol. The molecule has 1 fully saturated rings. The molecule has 12 heteroatoms. The number of nitrogens with one attached hydrogen (secondary N) is 3. The monoisotopic (exact) mass is 443 g/mol. The maximum Gasteiger partial charge on any atom is 0.260 e. The first-order chi connectivity index (χ1) is 14.8. The highest BCUT2D eigenvalue weighted by atomic mass is 32.1. The van der Waals surface area contributed by atoms with Crippen molar-refractivity contribution in [2.24, 2.45) is 0 Å². The van der Waals surface area contributed by atoms with E-state index in [2.05, 4.69) is 19.7 Å². The van der Waals surface area contributed by atoms with Gasteiger partial charge in [0.15, 0.2) is 6.10 Å². The van der Waals surface area contributed by atoms with E-state index in [1.165, 1.54) is 11.0 Å². The van der Waals surface area contributed by atoms with Crippen LogP contribution in [-0.2, 0) is 9.53 Å². The number of nitrogens with zero attached hydrogens (tertiary/aromatic N) is 3. The van der Waals surface area contributed by atoms with E-state index in [0.717, 1.165) is 11.5 Å². The van der Waals surface area contributed by atoms with Gasteiger partial charge in [-0.1, -0.05) is 0 Å². The molecule has 3 aromatic rings. The zero-order valence-electron chi connectivity index (χ0n) is 16.8. The predicted octanol–water partition coefficient (Wildman–Crippen LogP) is 0.476. The van der Waals surface area contributed by atoms with Crippen LogP contribution in [0.3, 0.4) is 0 Å². The Balaban J connectivity index is 1.68. The van der Waals surface area contributed by atoms with Crippen LogP contribution >= 0.6 is 11.5 Å². The molecule has 1 saturated heterocycles. The van der Waals surface area contributed by atoms with Crippen molar-refractivity contribution in [2.75, 3.05) is 25.9 Å². The second kappa shape index (κ2) is 8.06. The Morgan fingerprint density at radius 1 is 1.52 bits per heavy atom. The largest absolute Gasteiger partial charge is 0.392 e. The van der Waals surface area contributed by atoms with E-state index in [0.29, 0.717) is 32.5 Å². The van der Waals surface area contributed by atoms with Crippen molar-refractivity contribution in [1.29, 1.82) is 5.41 Å². The molecule has 6 N–H and O–H groups in total. The third-order valence-corrected chi connectivity index (χ3v) is 5.98. The molecule has 2 unspecified atom stereocenters. The summed E-state index contributed by atoms with van der Waals surface area (Å²) >= 11 is 1.09. The van der Waals surface area contributed by atoms with E-state index < -0.39 is 23.7 Å². The summed E-state index contributed by atoms with van der Waals surface area (Å²) in [6.07, 6.45) is -1.31. The van der Waals surface area contributed by atoms with Gasteiger partial charge in [-0.15, -0.1) is 0 Å². The van der Waals surface area contributed by atoms with E-state index in [9.17, 15) is 14.7 Å². The lowest BCUT2D eigenvalue weighted by Gasteiger charge is -2.33. The summed E-state index contributed by atoms with van der Waals surface area (Å²) in [5, 5.41) is 22.8. The normalized spacial score (nSPS) is 18.5. The molecule has 1 aromatic carbocycles. The quantitative estimate of drug-likeness (QED) is 0.286. The highest BCUT2D eigenvalue weighted by Gasteiger charge is 2.38. The molecule has 1 amide bonds. The van der Waals surface area contributed by atoms with Crippen molar-refractivity contribution >= 4 is 50.1 Å². The number of carbonyl (C=O) groups is 1. The molecule has 0 aliphatic carbocycles. The number of rotatable bonds is 4. The Hall–Kier alpha value is -3.35. The molecule has 0 spiro atoms. The van der Waals surface area contributed by atoms with Crippen LogP contribution in [0.15, 0.2) is 28.7 Å². The number of ether oxygens (including phenoxy) is 1. The third kappa shape index (κ3) is 3.65. The standard InChI is InChI=1S/C19H21N7O4S/c1-8(22-2)7-11(20)26-5-6-30-14(19(26)29)13(27)17-23-10-4-3-9-15(31-25-16(9)21)12(10)18(28)24-17/h3-4,7,13-14,20,22,27H,5-6H2,1-2H3,(H2,21,25)(H,23,24,28)/b8-7-,20-11?. The average Bonchev–Trinajstić information content (AvgIpc) is 3.13. The maximum atomic E-state index is 12.9. The fraction of sp³-hybridized carbons (Fsp3) is 0.316. The number of amidine groups is 1. The lowest BCUT2D eigenvalue weighted by atomic mass is 10.1. The molecule has 31 heavy (non-hydrogen) atoms. The number of fused-ring (bicyclic) bond motifs is 3. The van der Waals surface area contributed by atoms with Crippen molar-refractivity contribution in [1.82, 2.24) is 24.6 Å². The third-order valence-electron chi connectivity index (χ3n) is 5.08. The number of amides is 1. The number of morpholine rings is 1. The number of aliphatic hydroxyl groups is 1. The number of hydrogen-bond donors (Lipinski definition) is 5. The minimum Gasteiger partial charge on any atom is -0.392 e. The van der Waals surface area contributed by atoms with Crippen LogP contribution in [0, 0.1) is 5.41 Å². The topological polar surface area (TPSA) is 170 Å². The van der Waals surface area contributed by atoms with E-state index in [1.807, 2.05) is 0 Å². The fourth-order valence-electron chi connectivity index (χ4n) is 3.37. The molecule has 0 saturated carbocycles. The molecule has 11 nitrogen and oxygen atoms in total. The maximum absolute atomic E-state index is 12.9. The molecule has 0 radical (unpaired) electrons.